The largest absolute Gasteiger partial charge is 0.488 e. The van der Waals surface area contributed by atoms with Crippen molar-refractivity contribution in [3.8, 4) is 11.5 Å². The van der Waals surface area contributed by atoms with Crippen molar-refractivity contribution in [1.82, 2.24) is 9.88 Å². The fourth-order valence-corrected chi connectivity index (χ4v) is 2.82. The molecular formula is C19H22N2O3. The van der Waals surface area contributed by atoms with Crippen LogP contribution in [0.1, 0.15) is 18.4 Å². The molecule has 1 fully saturated rings. The number of carbonyl (C=O) groups excluding carboxylic acids is 1. The van der Waals surface area contributed by atoms with Gasteiger partial charge in [-0.25, -0.2) is 0 Å². The lowest BCUT2D eigenvalue weighted by Crippen LogP contribution is -2.46. The highest BCUT2D eigenvalue weighted by atomic mass is 16.5. The molecule has 1 aromatic carbocycles. The van der Waals surface area contributed by atoms with E-state index in [-0.39, 0.29) is 18.6 Å². The zero-order valence-electron chi connectivity index (χ0n) is 13.9. The molecule has 1 aliphatic rings. The minimum atomic E-state index is 0.00119. The predicted octanol–water partition coefficient (Wildman–Crippen LogP) is 2.84. The number of amides is 1. The molecule has 2 aromatic rings. The van der Waals surface area contributed by atoms with Crippen LogP contribution < -0.4 is 9.47 Å². The molecule has 0 saturated carbocycles. The Morgan fingerprint density at radius 1 is 1.25 bits per heavy atom. The second kappa shape index (κ2) is 7.81. The molecule has 1 aromatic heterocycles. The van der Waals surface area contributed by atoms with Gasteiger partial charge in [-0.15, -0.1) is 0 Å². The maximum absolute atomic E-state index is 12.4. The maximum Gasteiger partial charge on any atom is 0.260 e. The fraction of sp³-hybridized carbons (Fsp3) is 0.368. The molecule has 24 heavy (non-hydrogen) atoms. The van der Waals surface area contributed by atoms with Gasteiger partial charge in [0.1, 0.15) is 17.6 Å². The monoisotopic (exact) mass is 326 g/mol. The second-order valence-electron chi connectivity index (χ2n) is 5.96. The van der Waals surface area contributed by atoms with E-state index in [2.05, 4.69) is 4.98 Å². The lowest BCUT2D eigenvalue weighted by Gasteiger charge is -2.32. The Hall–Kier alpha value is -2.56. The van der Waals surface area contributed by atoms with E-state index in [0.29, 0.717) is 6.54 Å². The normalized spacial score (nSPS) is 17.4. The zero-order valence-corrected chi connectivity index (χ0v) is 13.9. The van der Waals surface area contributed by atoms with Crippen molar-refractivity contribution in [3.63, 3.8) is 0 Å². The SMILES string of the molecule is Cc1ccccc1OCC(=O)N1CCC[C@@H](Oc2ccncc2)C1. The van der Waals surface area contributed by atoms with E-state index in [4.69, 9.17) is 9.47 Å². The molecule has 0 aliphatic carbocycles. The number of para-hydroxylation sites is 1. The molecule has 0 radical (unpaired) electrons. The van der Waals surface area contributed by atoms with Crippen molar-refractivity contribution in [2.24, 2.45) is 0 Å². The highest BCUT2D eigenvalue weighted by Crippen LogP contribution is 2.19. The average Bonchev–Trinajstić information content (AvgIpc) is 2.62. The number of hydrogen-bond donors (Lipinski definition) is 0. The third-order valence-electron chi connectivity index (χ3n) is 4.13. The summed E-state index contributed by atoms with van der Waals surface area (Å²) in [5, 5.41) is 0. The quantitative estimate of drug-likeness (QED) is 0.848. The van der Waals surface area contributed by atoms with Crippen LogP contribution in [0.3, 0.4) is 0 Å². The topological polar surface area (TPSA) is 51.7 Å². The summed E-state index contributed by atoms with van der Waals surface area (Å²) in [7, 11) is 0. The number of rotatable bonds is 5. The highest BCUT2D eigenvalue weighted by Gasteiger charge is 2.25. The van der Waals surface area contributed by atoms with E-state index >= 15 is 0 Å². The number of carbonyl (C=O) groups is 1. The first-order chi connectivity index (χ1) is 11.7. The molecule has 0 spiro atoms. The first-order valence-corrected chi connectivity index (χ1v) is 8.25. The molecule has 5 heteroatoms. The van der Waals surface area contributed by atoms with Crippen molar-refractivity contribution < 1.29 is 14.3 Å². The number of nitrogens with zero attached hydrogens (tertiary/aromatic N) is 2. The fourth-order valence-electron chi connectivity index (χ4n) is 2.82. The highest BCUT2D eigenvalue weighted by molar-refractivity contribution is 5.78. The summed E-state index contributed by atoms with van der Waals surface area (Å²) in [5.41, 5.74) is 1.03. The Morgan fingerprint density at radius 2 is 2.04 bits per heavy atom. The van der Waals surface area contributed by atoms with Crippen LogP contribution in [0.5, 0.6) is 11.5 Å². The summed E-state index contributed by atoms with van der Waals surface area (Å²) in [6.07, 6.45) is 5.31. The van der Waals surface area contributed by atoms with Crippen LogP contribution in [0.25, 0.3) is 0 Å². The van der Waals surface area contributed by atoms with Crippen LogP contribution in [-0.4, -0.2) is 41.6 Å². The maximum atomic E-state index is 12.4. The molecule has 3 rings (SSSR count). The number of piperidine rings is 1. The first kappa shape index (κ1) is 16.3. The molecule has 1 amide bonds. The first-order valence-electron chi connectivity index (χ1n) is 8.25. The van der Waals surface area contributed by atoms with E-state index in [9.17, 15) is 4.79 Å². The Labute approximate surface area is 142 Å². The molecule has 5 nitrogen and oxygen atoms in total. The van der Waals surface area contributed by atoms with Gasteiger partial charge in [0.25, 0.3) is 5.91 Å². The molecule has 1 atom stereocenters. The van der Waals surface area contributed by atoms with Crippen molar-refractivity contribution in [2.75, 3.05) is 19.7 Å². The third kappa shape index (κ3) is 4.25. The van der Waals surface area contributed by atoms with Crippen LogP contribution >= 0.6 is 0 Å². The number of aromatic nitrogens is 1. The van der Waals surface area contributed by atoms with Gasteiger partial charge < -0.3 is 14.4 Å². The second-order valence-corrected chi connectivity index (χ2v) is 5.96. The molecule has 1 saturated heterocycles. The Morgan fingerprint density at radius 3 is 2.83 bits per heavy atom. The van der Waals surface area contributed by atoms with Gasteiger partial charge in [-0.3, -0.25) is 9.78 Å². The molecule has 0 bridgehead atoms. The van der Waals surface area contributed by atoms with Gasteiger partial charge in [0.2, 0.25) is 0 Å². The molecule has 1 aliphatic heterocycles. The Bertz CT molecular complexity index is 675. The summed E-state index contributed by atoms with van der Waals surface area (Å²) in [4.78, 5) is 18.2. The summed E-state index contributed by atoms with van der Waals surface area (Å²) in [6, 6.07) is 11.4. The smallest absolute Gasteiger partial charge is 0.260 e. The van der Waals surface area contributed by atoms with E-state index in [1.807, 2.05) is 48.2 Å². The van der Waals surface area contributed by atoms with Gasteiger partial charge in [0.05, 0.1) is 6.54 Å². The number of pyridine rings is 1. The number of benzene rings is 1. The minimum Gasteiger partial charge on any atom is -0.488 e. The predicted molar refractivity (Wildman–Crippen MR) is 91.1 cm³/mol. The van der Waals surface area contributed by atoms with E-state index in [0.717, 1.165) is 36.4 Å². The number of likely N-dealkylation sites (tertiary alicyclic amines) is 1. The van der Waals surface area contributed by atoms with Crippen LogP contribution in [0.4, 0.5) is 0 Å². The van der Waals surface area contributed by atoms with Crippen molar-refractivity contribution in [3.05, 3.63) is 54.4 Å². The summed E-state index contributed by atoms with van der Waals surface area (Å²) < 4.78 is 11.6. The summed E-state index contributed by atoms with van der Waals surface area (Å²) in [6.45, 7) is 3.39. The number of hydrogen-bond acceptors (Lipinski definition) is 4. The van der Waals surface area contributed by atoms with Crippen LogP contribution in [0.15, 0.2) is 48.8 Å². The van der Waals surface area contributed by atoms with E-state index in [1.165, 1.54) is 0 Å². The van der Waals surface area contributed by atoms with E-state index in [1.54, 1.807) is 12.4 Å². The average molecular weight is 326 g/mol. The lowest BCUT2D eigenvalue weighted by molar-refractivity contribution is -0.136. The van der Waals surface area contributed by atoms with Crippen LogP contribution in [0, 0.1) is 6.92 Å². The molecule has 126 valence electrons. The number of ether oxygens (including phenoxy) is 2. The van der Waals surface area contributed by atoms with Gasteiger partial charge in [-0.1, -0.05) is 18.2 Å². The zero-order chi connectivity index (χ0) is 16.8. The van der Waals surface area contributed by atoms with Crippen LogP contribution in [-0.2, 0) is 4.79 Å². The van der Waals surface area contributed by atoms with Crippen molar-refractivity contribution >= 4 is 5.91 Å². The third-order valence-corrected chi connectivity index (χ3v) is 4.13. The summed E-state index contributed by atoms with van der Waals surface area (Å²) in [5.74, 6) is 1.55. The van der Waals surface area contributed by atoms with Crippen LogP contribution in [0.2, 0.25) is 0 Å². The van der Waals surface area contributed by atoms with Gasteiger partial charge in [-0.05, 0) is 43.5 Å². The van der Waals surface area contributed by atoms with Gasteiger partial charge >= 0.3 is 0 Å². The molecular weight excluding hydrogens is 304 g/mol. The van der Waals surface area contributed by atoms with Gasteiger partial charge in [0.15, 0.2) is 6.61 Å². The van der Waals surface area contributed by atoms with E-state index < -0.39 is 0 Å². The lowest BCUT2D eigenvalue weighted by atomic mass is 10.1. The number of aryl methyl sites for hydroxylation is 1. The molecule has 0 unspecified atom stereocenters. The van der Waals surface area contributed by atoms with Crippen molar-refractivity contribution in [1.29, 1.82) is 0 Å². The molecule has 0 N–H and O–H groups in total. The van der Waals surface area contributed by atoms with Gasteiger partial charge in [0, 0.05) is 18.9 Å². The molecule has 2 heterocycles. The van der Waals surface area contributed by atoms with Gasteiger partial charge in [-0.2, -0.15) is 0 Å². The minimum absolute atomic E-state index is 0.00119. The summed E-state index contributed by atoms with van der Waals surface area (Å²) >= 11 is 0. The standard InChI is InChI=1S/C19H22N2O3/c1-15-5-2-3-7-18(15)23-14-19(22)21-12-4-6-17(13-21)24-16-8-10-20-11-9-16/h2-3,5,7-11,17H,4,6,12-14H2,1H3/t17-/m1/s1. The van der Waals surface area contributed by atoms with Crippen molar-refractivity contribution in [2.45, 2.75) is 25.9 Å². The Kier molecular flexibility index (Phi) is 5.31. The Balaban J connectivity index is 1.52.